The molecule has 2 rings (SSSR count). The number of aryl methyl sites for hydroxylation is 1. The molecule has 128 valence electrons. The van der Waals surface area contributed by atoms with Crippen LogP contribution in [-0.2, 0) is 9.53 Å². The van der Waals surface area contributed by atoms with Crippen LogP contribution in [0, 0.1) is 6.92 Å². The number of carbonyl (C=O) groups is 1. The second kappa shape index (κ2) is 8.89. The van der Waals surface area contributed by atoms with Crippen molar-refractivity contribution >= 4 is 11.6 Å². The van der Waals surface area contributed by atoms with Crippen molar-refractivity contribution in [3.05, 3.63) is 29.3 Å². The Kier molecular flexibility index (Phi) is 6.86. The zero-order valence-corrected chi connectivity index (χ0v) is 14.5. The molecular weight excluding hydrogens is 290 g/mol. The second-order valence-corrected chi connectivity index (χ2v) is 6.35. The summed E-state index contributed by atoms with van der Waals surface area (Å²) in [5.74, 6) is 0.470. The number of nitrogens with one attached hydrogen (secondary N) is 2. The van der Waals surface area contributed by atoms with Crippen molar-refractivity contribution < 1.29 is 9.53 Å². The minimum atomic E-state index is 0.0382. The van der Waals surface area contributed by atoms with Gasteiger partial charge in [0.05, 0.1) is 19.8 Å². The lowest BCUT2D eigenvalue weighted by molar-refractivity contribution is -0.119. The Morgan fingerprint density at radius 2 is 2.04 bits per heavy atom. The van der Waals surface area contributed by atoms with Gasteiger partial charge in [-0.1, -0.05) is 32.0 Å². The SMILES string of the molecule is Cc1cccc(C(C)C)c1NCC(=O)NCCN1CCOCC1. The predicted molar refractivity (Wildman–Crippen MR) is 94.0 cm³/mol. The molecule has 0 aliphatic carbocycles. The number of hydrogen-bond donors (Lipinski definition) is 2. The molecule has 1 aliphatic heterocycles. The average Bonchev–Trinajstić information content (AvgIpc) is 2.54. The highest BCUT2D eigenvalue weighted by Crippen LogP contribution is 2.27. The van der Waals surface area contributed by atoms with Gasteiger partial charge in [0.25, 0.3) is 0 Å². The number of anilines is 1. The monoisotopic (exact) mass is 319 g/mol. The molecule has 0 saturated carbocycles. The molecule has 0 unspecified atom stereocenters. The first-order valence-electron chi connectivity index (χ1n) is 8.48. The average molecular weight is 319 g/mol. The first kappa shape index (κ1) is 17.8. The van der Waals surface area contributed by atoms with Gasteiger partial charge in [-0.15, -0.1) is 0 Å². The standard InChI is InChI=1S/C18H29N3O2/c1-14(2)16-6-4-5-15(3)18(16)20-13-17(22)19-7-8-21-9-11-23-12-10-21/h4-6,14,20H,7-13H2,1-3H3,(H,19,22). The van der Waals surface area contributed by atoms with Crippen LogP contribution >= 0.6 is 0 Å². The molecule has 1 aliphatic rings. The molecular formula is C18H29N3O2. The zero-order valence-electron chi connectivity index (χ0n) is 14.5. The van der Waals surface area contributed by atoms with Gasteiger partial charge in [-0.05, 0) is 24.0 Å². The normalized spacial score (nSPS) is 15.7. The summed E-state index contributed by atoms with van der Waals surface area (Å²) >= 11 is 0. The van der Waals surface area contributed by atoms with Gasteiger partial charge in [0.1, 0.15) is 0 Å². The molecule has 0 bridgehead atoms. The third-order valence-electron chi connectivity index (χ3n) is 4.21. The topological polar surface area (TPSA) is 53.6 Å². The highest BCUT2D eigenvalue weighted by Gasteiger charge is 2.12. The molecule has 5 heteroatoms. The fraction of sp³-hybridized carbons (Fsp3) is 0.611. The van der Waals surface area contributed by atoms with E-state index in [0.29, 0.717) is 19.0 Å². The number of carbonyl (C=O) groups excluding carboxylic acids is 1. The van der Waals surface area contributed by atoms with E-state index in [4.69, 9.17) is 4.74 Å². The Balaban J connectivity index is 1.76. The molecule has 0 atom stereocenters. The van der Waals surface area contributed by atoms with E-state index in [1.807, 2.05) is 0 Å². The van der Waals surface area contributed by atoms with E-state index in [1.54, 1.807) is 0 Å². The van der Waals surface area contributed by atoms with Crippen LogP contribution in [0.4, 0.5) is 5.69 Å². The van der Waals surface area contributed by atoms with Crippen LogP contribution in [0.2, 0.25) is 0 Å². The zero-order chi connectivity index (χ0) is 16.7. The number of ether oxygens (including phenoxy) is 1. The molecule has 23 heavy (non-hydrogen) atoms. The molecule has 0 radical (unpaired) electrons. The minimum Gasteiger partial charge on any atom is -0.379 e. The van der Waals surface area contributed by atoms with Crippen molar-refractivity contribution in [2.24, 2.45) is 0 Å². The van der Waals surface area contributed by atoms with E-state index >= 15 is 0 Å². The molecule has 1 saturated heterocycles. The highest BCUT2D eigenvalue weighted by atomic mass is 16.5. The van der Waals surface area contributed by atoms with Crippen LogP contribution in [0.3, 0.4) is 0 Å². The summed E-state index contributed by atoms with van der Waals surface area (Å²) < 4.78 is 5.32. The first-order valence-corrected chi connectivity index (χ1v) is 8.48. The summed E-state index contributed by atoms with van der Waals surface area (Å²) in [4.78, 5) is 14.3. The van der Waals surface area contributed by atoms with E-state index < -0.39 is 0 Å². The molecule has 1 amide bonds. The van der Waals surface area contributed by atoms with Crippen LogP contribution in [0.25, 0.3) is 0 Å². The molecule has 1 aromatic rings. The van der Waals surface area contributed by atoms with Gasteiger partial charge in [-0.3, -0.25) is 9.69 Å². The predicted octanol–water partition coefficient (Wildman–Crippen LogP) is 1.98. The van der Waals surface area contributed by atoms with Crippen molar-refractivity contribution in [2.75, 3.05) is 51.3 Å². The summed E-state index contributed by atoms with van der Waals surface area (Å²) in [6.07, 6.45) is 0. The van der Waals surface area contributed by atoms with Gasteiger partial charge in [0, 0.05) is 31.9 Å². The maximum atomic E-state index is 12.0. The van der Waals surface area contributed by atoms with Crippen molar-refractivity contribution in [3.63, 3.8) is 0 Å². The van der Waals surface area contributed by atoms with E-state index in [0.717, 1.165) is 38.5 Å². The summed E-state index contributed by atoms with van der Waals surface area (Å²) in [6, 6.07) is 6.26. The molecule has 2 N–H and O–H groups in total. The second-order valence-electron chi connectivity index (χ2n) is 6.35. The van der Waals surface area contributed by atoms with Gasteiger partial charge >= 0.3 is 0 Å². The molecule has 5 nitrogen and oxygen atoms in total. The van der Waals surface area contributed by atoms with E-state index in [9.17, 15) is 4.79 Å². The number of rotatable bonds is 7. The highest BCUT2D eigenvalue weighted by molar-refractivity contribution is 5.81. The number of nitrogens with zero attached hydrogens (tertiary/aromatic N) is 1. The van der Waals surface area contributed by atoms with E-state index in [1.165, 1.54) is 11.1 Å². The largest absolute Gasteiger partial charge is 0.379 e. The van der Waals surface area contributed by atoms with Gasteiger partial charge in [-0.2, -0.15) is 0 Å². The fourth-order valence-electron chi connectivity index (χ4n) is 2.82. The first-order chi connectivity index (χ1) is 11.1. The molecule has 1 aromatic carbocycles. The van der Waals surface area contributed by atoms with Gasteiger partial charge < -0.3 is 15.4 Å². The molecule has 1 heterocycles. The Labute approximate surface area is 139 Å². The third kappa shape index (κ3) is 5.52. The van der Waals surface area contributed by atoms with Crippen LogP contribution in [-0.4, -0.2) is 56.7 Å². The lowest BCUT2D eigenvalue weighted by atomic mass is 9.98. The number of amides is 1. The summed E-state index contributed by atoms with van der Waals surface area (Å²) in [6.45, 7) is 11.8. The van der Waals surface area contributed by atoms with Gasteiger partial charge in [0.2, 0.25) is 5.91 Å². The molecule has 1 fully saturated rings. The number of benzene rings is 1. The smallest absolute Gasteiger partial charge is 0.239 e. The van der Waals surface area contributed by atoms with Crippen LogP contribution in [0.5, 0.6) is 0 Å². The number of hydrogen-bond acceptors (Lipinski definition) is 4. The van der Waals surface area contributed by atoms with Crippen molar-refractivity contribution in [1.29, 1.82) is 0 Å². The van der Waals surface area contributed by atoms with Crippen molar-refractivity contribution in [3.8, 4) is 0 Å². The number of para-hydroxylation sites is 1. The number of morpholine rings is 1. The minimum absolute atomic E-state index is 0.0382. The van der Waals surface area contributed by atoms with Crippen LogP contribution < -0.4 is 10.6 Å². The van der Waals surface area contributed by atoms with Crippen LogP contribution in [0.15, 0.2) is 18.2 Å². The third-order valence-corrected chi connectivity index (χ3v) is 4.21. The Morgan fingerprint density at radius 1 is 1.30 bits per heavy atom. The van der Waals surface area contributed by atoms with Gasteiger partial charge in [0.15, 0.2) is 0 Å². The summed E-state index contributed by atoms with van der Waals surface area (Å²) in [7, 11) is 0. The maximum absolute atomic E-state index is 12.0. The Hall–Kier alpha value is -1.59. The van der Waals surface area contributed by atoms with E-state index in [2.05, 4.69) is 54.5 Å². The van der Waals surface area contributed by atoms with Crippen molar-refractivity contribution in [2.45, 2.75) is 26.7 Å². The van der Waals surface area contributed by atoms with Crippen molar-refractivity contribution in [1.82, 2.24) is 10.2 Å². The molecule has 0 aromatic heterocycles. The summed E-state index contributed by atoms with van der Waals surface area (Å²) in [5, 5.41) is 6.29. The molecule has 0 spiro atoms. The summed E-state index contributed by atoms with van der Waals surface area (Å²) in [5.41, 5.74) is 3.52. The van der Waals surface area contributed by atoms with Gasteiger partial charge in [-0.25, -0.2) is 0 Å². The fourth-order valence-corrected chi connectivity index (χ4v) is 2.82. The lowest BCUT2D eigenvalue weighted by Crippen LogP contribution is -2.42. The van der Waals surface area contributed by atoms with E-state index in [-0.39, 0.29) is 5.91 Å². The quantitative estimate of drug-likeness (QED) is 0.807. The maximum Gasteiger partial charge on any atom is 0.239 e. The Morgan fingerprint density at radius 3 is 2.74 bits per heavy atom. The lowest BCUT2D eigenvalue weighted by Gasteiger charge is -2.26. The Bertz CT molecular complexity index is 511. The van der Waals surface area contributed by atoms with Crippen LogP contribution in [0.1, 0.15) is 30.9 Å².